The molecule has 0 amide bonds. The van der Waals surface area contributed by atoms with Gasteiger partial charge in [0.05, 0.1) is 0 Å². The average molecular weight is 566 g/mol. The van der Waals surface area contributed by atoms with E-state index >= 15 is 0 Å². The lowest BCUT2D eigenvalue weighted by atomic mass is 9.82. The third-order valence-corrected chi connectivity index (χ3v) is 7.15. The zero-order valence-electron chi connectivity index (χ0n) is 9.41. The minimum Gasteiger partial charge on any atom is -0.0776 e. The number of rotatable bonds is 2. The Bertz CT molecular complexity index is 179. The fraction of sp³-hybridized carbons (Fsp3) is 1.00. The lowest BCUT2D eigenvalue weighted by Gasteiger charge is -2.35. The first-order valence-electron chi connectivity index (χ1n) is 5.81. The summed E-state index contributed by atoms with van der Waals surface area (Å²) in [6.07, 6.45) is 11.8. The first-order valence-corrected chi connectivity index (χ1v) is 15.2. The molecule has 1 rings (SSSR count). The number of halogens is 3. The maximum absolute atomic E-state index is 2.68. The summed E-state index contributed by atoms with van der Waals surface area (Å²) in [6, 6.07) is 0. The van der Waals surface area contributed by atoms with Gasteiger partial charge in [-0.15, -0.1) is 0 Å². The lowest BCUT2D eigenvalue weighted by molar-refractivity contribution is 0.302. The van der Waals surface area contributed by atoms with Gasteiger partial charge in [0, 0.05) is 5.75 Å². The van der Waals surface area contributed by atoms with Crippen LogP contribution in [0.25, 0.3) is 0 Å². The van der Waals surface area contributed by atoms with Crippen LogP contribution in [0.2, 0.25) is 0 Å². The van der Waals surface area contributed by atoms with E-state index in [1.54, 1.807) is 0 Å². The van der Waals surface area contributed by atoms with Crippen molar-refractivity contribution >= 4 is 65.2 Å². The van der Waals surface area contributed by atoms with E-state index in [1.807, 2.05) is 0 Å². The van der Waals surface area contributed by atoms with Crippen LogP contribution in [0.5, 0.6) is 0 Å². The maximum atomic E-state index is 2.68. The number of hydrogen-bond acceptors (Lipinski definition) is 0. The zero-order valence-corrected chi connectivity index (χ0v) is 16.7. The first-order chi connectivity index (χ1) is 6.91. The van der Waals surface area contributed by atoms with Crippen molar-refractivity contribution in [3.8, 4) is 0 Å². The van der Waals surface area contributed by atoms with Crippen LogP contribution in [0.3, 0.4) is 0 Å². The van der Waals surface area contributed by atoms with Gasteiger partial charge in [-0.1, -0.05) is 47.0 Å². The van der Waals surface area contributed by atoms with Crippen LogP contribution in [0.4, 0.5) is 0 Å². The summed E-state index contributed by atoms with van der Waals surface area (Å²) < 4.78 is -0.412. The molecule has 0 spiro atoms. The Morgan fingerprint density at radius 3 is 1.67 bits per heavy atom. The van der Waals surface area contributed by atoms with Crippen LogP contribution >= 0.6 is 65.2 Å². The van der Waals surface area contributed by atoms with Gasteiger partial charge in [-0.2, -0.15) is 0 Å². The summed E-state index contributed by atoms with van der Waals surface area (Å²) >= 11 is 8.03. The third kappa shape index (κ3) is 7.54. The Morgan fingerprint density at radius 2 is 1.27 bits per heavy atom. The van der Waals surface area contributed by atoms with Gasteiger partial charge in [-0.3, -0.25) is 0 Å². The molecule has 4 heteroatoms. The Balaban J connectivity index is 2.53. The van der Waals surface area contributed by atoms with Crippen LogP contribution in [-0.2, 0) is 0 Å². The first kappa shape index (κ1) is 15.6. The van der Waals surface area contributed by atoms with E-state index in [4.69, 9.17) is 0 Å². The summed E-state index contributed by atoms with van der Waals surface area (Å²) in [6.45, 7) is 2.54. The molecule has 0 atom stereocenters. The summed E-state index contributed by atoms with van der Waals surface area (Å²) in [5.41, 5.74) is 0.642. The molecule has 1 aliphatic rings. The van der Waals surface area contributed by atoms with Crippen LogP contribution in [0.15, 0.2) is 0 Å². The number of hydrogen-bond donors (Lipinski definition) is 0. The Hall–Kier alpha value is 2.54. The minimum absolute atomic E-state index is 0.412. The summed E-state index contributed by atoms with van der Waals surface area (Å²) in [5.74, 6) is 1.45. The Morgan fingerprint density at radius 1 is 0.867 bits per heavy atom. The quantitative estimate of drug-likeness (QED) is 0.317. The van der Waals surface area contributed by atoms with E-state index in [-0.39, 0.29) is 0 Å². The van der Waals surface area contributed by atoms with E-state index in [0.29, 0.717) is 5.41 Å². The fourth-order valence-electron chi connectivity index (χ4n) is 2.48. The predicted octanol–water partition coefficient (Wildman–Crippen LogP) is 6.98. The van der Waals surface area contributed by atoms with Gasteiger partial charge >= 0.3 is 0 Å². The smallest absolute Gasteiger partial charge is 0.00840 e. The van der Waals surface area contributed by atoms with E-state index in [1.165, 1.54) is 57.1 Å². The van der Waals surface area contributed by atoms with Crippen LogP contribution in [0, 0.1) is 5.41 Å². The minimum atomic E-state index is -0.412. The largest absolute Gasteiger partial charge is 0.0776 e. The Kier molecular flexibility index (Phi) is 7.50. The maximum Gasteiger partial charge on any atom is 0.00840 e. The lowest BCUT2D eigenvalue weighted by Crippen LogP contribution is -2.21. The molecule has 15 heavy (non-hydrogen) atoms. The highest BCUT2D eigenvalue weighted by Gasteiger charge is 2.30. The van der Waals surface area contributed by atoms with Crippen molar-refractivity contribution < 1.29 is 0 Å². The van der Waals surface area contributed by atoms with Gasteiger partial charge in [-0.05, 0) is 81.9 Å². The zero-order chi connectivity index (χ0) is 11.4. The molecule has 0 aromatic heterocycles. The third-order valence-electron chi connectivity index (χ3n) is 3.32. The van der Waals surface area contributed by atoms with Crippen molar-refractivity contribution in [3.05, 3.63) is 0 Å². The van der Waals surface area contributed by atoms with E-state index in [2.05, 4.69) is 70.5 Å². The van der Waals surface area contributed by atoms with E-state index < -0.39 is 1.54 Å². The SMILES string of the molecule is CC1(CS(I)(I)I)CCCCCCCC1. The molecule has 0 heterocycles. The molecule has 0 unspecified atom stereocenters. The Labute approximate surface area is 133 Å². The molecule has 1 saturated carbocycles. The molecule has 92 valence electrons. The van der Waals surface area contributed by atoms with Crippen LogP contribution in [0.1, 0.15) is 58.3 Å². The topological polar surface area (TPSA) is 0 Å². The molecule has 1 aliphatic carbocycles. The van der Waals surface area contributed by atoms with Crippen molar-refractivity contribution in [2.24, 2.45) is 5.41 Å². The molecular weight excluding hydrogens is 545 g/mol. The molecule has 0 nitrogen and oxygen atoms in total. The van der Waals surface area contributed by atoms with Gasteiger partial charge in [0.2, 0.25) is 0 Å². The molecule has 0 bridgehead atoms. The van der Waals surface area contributed by atoms with Gasteiger partial charge < -0.3 is 0 Å². The molecule has 0 N–H and O–H groups in total. The van der Waals surface area contributed by atoms with Gasteiger partial charge in [0.25, 0.3) is 0 Å². The highest BCUT2D eigenvalue weighted by molar-refractivity contribution is 14.5. The van der Waals surface area contributed by atoms with Crippen LogP contribution < -0.4 is 0 Å². The molecule has 1 fully saturated rings. The average Bonchev–Trinajstić information content (AvgIpc) is 2.14. The highest BCUT2D eigenvalue weighted by atomic mass is 127. The van der Waals surface area contributed by atoms with Crippen molar-refractivity contribution in [2.75, 3.05) is 5.75 Å². The van der Waals surface area contributed by atoms with E-state index in [0.717, 1.165) is 0 Å². The summed E-state index contributed by atoms with van der Waals surface area (Å²) in [7, 11) is 0. The van der Waals surface area contributed by atoms with E-state index in [9.17, 15) is 0 Å². The highest BCUT2D eigenvalue weighted by Crippen LogP contribution is 2.73. The second-order valence-electron chi connectivity index (χ2n) is 5.08. The van der Waals surface area contributed by atoms with Gasteiger partial charge in [0.1, 0.15) is 0 Å². The van der Waals surface area contributed by atoms with Gasteiger partial charge in [-0.25, -0.2) is 0 Å². The predicted molar refractivity (Wildman–Crippen MR) is 99.6 cm³/mol. The second-order valence-corrected chi connectivity index (χ2v) is 35.1. The molecule has 0 saturated heterocycles. The normalized spacial score (nSPS) is 25.1. The molecule has 0 aliphatic heterocycles. The second kappa shape index (κ2) is 7.21. The molecule has 0 aromatic rings. The van der Waals surface area contributed by atoms with Crippen molar-refractivity contribution in [1.29, 1.82) is 0 Å². The van der Waals surface area contributed by atoms with Crippen molar-refractivity contribution in [1.82, 2.24) is 0 Å². The molecular formula is C11H21I3S. The molecule has 0 aromatic carbocycles. The summed E-state index contributed by atoms with van der Waals surface area (Å²) in [5, 5.41) is 0. The van der Waals surface area contributed by atoms with Gasteiger partial charge in [0.15, 0.2) is 0 Å². The standard InChI is InChI=1S/C11H21I3S/c1-11(10-15(12,13)14)8-6-4-2-3-5-7-9-11/h2-10H2,1H3. The molecule has 0 radical (unpaired) electrons. The van der Waals surface area contributed by atoms with Crippen LogP contribution in [-0.4, -0.2) is 5.75 Å². The monoisotopic (exact) mass is 566 g/mol. The fourth-order valence-corrected chi connectivity index (χ4v) is 10.3. The van der Waals surface area contributed by atoms with Crippen molar-refractivity contribution in [2.45, 2.75) is 58.3 Å². The van der Waals surface area contributed by atoms with Crippen molar-refractivity contribution in [3.63, 3.8) is 0 Å². The summed E-state index contributed by atoms with van der Waals surface area (Å²) in [4.78, 5) is 0.